The SMILES string of the molecule is CC1(C)CCC(c2ccccc2C(F)(F)F)c2cc(CO)c(F)cc21. The molecule has 0 fully saturated rings. The molecule has 1 unspecified atom stereocenters. The molecule has 5 heteroatoms. The van der Waals surface area contributed by atoms with E-state index < -0.39 is 30.1 Å². The fraction of sp³-hybridized carbons (Fsp3) is 0.400. The normalized spacial score (nSPS) is 19.6. The molecule has 1 nitrogen and oxygen atoms in total. The van der Waals surface area contributed by atoms with E-state index in [-0.39, 0.29) is 16.5 Å². The maximum absolute atomic E-state index is 14.2. The van der Waals surface area contributed by atoms with Gasteiger partial charge in [-0.1, -0.05) is 32.0 Å². The topological polar surface area (TPSA) is 20.2 Å². The number of hydrogen-bond donors (Lipinski definition) is 1. The lowest BCUT2D eigenvalue weighted by Gasteiger charge is -2.38. The number of fused-ring (bicyclic) bond motifs is 1. The Kier molecular flexibility index (Phi) is 4.40. The highest BCUT2D eigenvalue weighted by molar-refractivity contribution is 5.48. The van der Waals surface area contributed by atoms with E-state index in [1.807, 2.05) is 13.8 Å². The Morgan fingerprint density at radius 3 is 2.44 bits per heavy atom. The lowest BCUT2D eigenvalue weighted by atomic mass is 9.66. The zero-order valence-corrected chi connectivity index (χ0v) is 14.1. The largest absolute Gasteiger partial charge is 0.416 e. The first-order valence-electron chi connectivity index (χ1n) is 8.25. The van der Waals surface area contributed by atoms with Crippen molar-refractivity contribution in [2.75, 3.05) is 0 Å². The Balaban J connectivity index is 2.22. The summed E-state index contributed by atoms with van der Waals surface area (Å²) in [5.41, 5.74) is 0.746. The minimum Gasteiger partial charge on any atom is -0.392 e. The molecule has 0 saturated heterocycles. The Morgan fingerprint density at radius 2 is 1.80 bits per heavy atom. The summed E-state index contributed by atoms with van der Waals surface area (Å²) < 4.78 is 54.5. The van der Waals surface area contributed by atoms with Gasteiger partial charge in [0.25, 0.3) is 0 Å². The Morgan fingerprint density at radius 1 is 1.12 bits per heavy atom. The van der Waals surface area contributed by atoms with Crippen LogP contribution in [0.3, 0.4) is 0 Å². The van der Waals surface area contributed by atoms with Gasteiger partial charge in [-0.2, -0.15) is 13.2 Å². The number of rotatable bonds is 2. The van der Waals surface area contributed by atoms with E-state index in [0.29, 0.717) is 18.4 Å². The van der Waals surface area contributed by atoms with Gasteiger partial charge in [0.05, 0.1) is 12.2 Å². The van der Waals surface area contributed by atoms with Crippen LogP contribution >= 0.6 is 0 Å². The van der Waals surface area contributed by atoms with Gasteiger partial charge >= 0.3 is 6.18 Å². The zero-order valence-electron chi connectivity index (χ0n) is 14.1. The molecule has 0 aliphatic heterocycles. The molecule has 0 spiro atoms. The van der Waals surface area contributed by atoms with Crippen LogP contribution in [0.1, 0.15) is 60.4 Å². The quantitative estimate of drug-likeness (QED) is 0.704. The van der Waals surface area contributed by atoms with Gasteiger partial charge in [-0.15, -0.1) is 0 Å². The van der Waals surface area contributed by atoms with Crippen molar-refractivity contribution in [3.05, 3.63) is 70.0 Å². The second-order valence-electron chi connectivity index (χ2n) is 7.25. The Hall–Kier alpha value is -1.88. The summed E-state index contributed by atoms with van der Waals surface area (Å²) in [5, 5.41) is 9.37. The molecule has 0 heterocycles. The number of aliphatic hydroxyl groups is 1. The lowest BCUT2D eigenvalue weighted by molar-refractivity contribution is -0.138. The van der Waals surface area contributed by atoms with Crippen LogP contribution in [0.15, 0.2) is 36.4 Å². The Bertz CT molecular complexity index is 793. The zero-order chi connectivity index (χ0) is 18.4. The van der Waals surface area contributed by atoms with Gasteiger partial charge in [-0.05, 0) is 53.1 Å². The second-order valence-corrected chi connectivity index (χ2v) is 7.25. The molecule has 0 amide bonds. The molecule has 0 radical (unpaired) electrons. The van der Waals surface area contributed by atoms with E-state index in [1.165, 1.54) is 24.3 Å². The first-order chi connectivity index (χ1) is 11.6. The van der Waals surface area contributed by atoms with Crippen LogP contribution in [0, 0.1) is 5.82 Å². The van der Waals surface area contributed by atoms with Crippen molar-refractivity contribution in [2.24, 2.45) is 0 Å². The van der Waals surface area contributed by atoms with Crippen LogP contribution < -0.4 is 0 Å². The van der Waals surface area contributed by atoms with Gasteiger partial charge in [-0.25, -0.2) is 4.39 Å². The van der Waals surface area contributed by atoms with E-state index in [2.05, 4.69) is 0 Å². The predicted octanol–water partition coefficient (Wildman–Crippen LogP) is 5.54. The summed E-state index contributed by atoms with van der Waals surface area (Å²) in [6.07, 6.45) is -3.23. The highest BCUT2D eigenvalue weighted by atomic mass is 19.4. The maximum atomic E-state index is 14.2. The van der Waals surface area contributed by atoms with Gasteiger partial charge in [0.2, 0.25) is 0 Å². The van der Waals surface area contributed by atoms with Crippen LogP contribution in [0.25, 0.3) is 0 Å². The summed E-state index contributed by atoms with van der Waals surface area (Å²) in [6.45, 7) is 3.46. The molecule has 0 saturated carbocycles. The minimum atomic E-state index is -4.44. The van der Waals surface area contributed by atoms with Gasteiger partial charge in [0, 0.05) is 11.5 Å². The third kappa shape index (κ3) is 3.17. The number of hydrogen-bond acceptors (Lipinski definition) is 1. The van der Waals surface area contributed by atoms with Crippen molar-refractivity contribution in [1.82, 2.24) is 0 Å². The average molecular weight is 352 g/mol. The molecule has 2 aromatic rings. The monoisotopic (exact) mass is 352 g/mol. The molecular formula is C20H20F4O. The van der Waals surface area contributed by atoms with E-state index in [4.69, 9.17) is 0 Å². The molecule has 2 aromatic carbocycles. The summed E-state index contributed by atoms with van der Waals surface area (Å²) >= 11 is 0. The first kappa shape index (κ1) is 17.9. The molecule has 25 heavy (non-hydrogen) atoms. The highest BCUT2D eigenvalue weighted by Gasteiger charge is 2.39. The summed E-state index contributed by atoms with van der Waals surface area (Å²) in [7, 11) is 0. The highest BCUT2D eigenvalue weighted by Crippen LogP contribution is 2.48. The van der Waals surface area contributed by atoms with Crippen LogP contribution in [0.5, 0.6) is 0 Å². The number of alkyl halides is 3. The molecule has 1 atom stereocenters. The molecule has 134 valence electrons. The smallest absolute Gasteiger partial charge is 0.392 e. The summed E-state index contributed by atoms with van der Waals surface area (Å²) in [4.78, 5) is 0. The lowest BCUT2D eigenvalue weighted by Crippen LogP contribution is -2.28. The molecule has 0 bridgehead atoms. The van der Waals surface area contributed by atoms with Gasteiger partial charge in [-0.3, -0.25) is 0 Å². The van der Waals surface area contributed by atoms with Crippen molar-refractivity contribution in [2.45, 2.75) is 50.8 Å². The first-order valence-corrected chi connectivity index (χ1v) is 8.25. The van der Waals surface area contributed by atoms with Gasteiger partial charge in [0.15, 0.2) is 0 Å². The molecule has 1 N–H and O–H groups in total. The third-order valence-corrected chi connectivity index (χ3v) is 5.19. The number of halogens is 4. The molecule has 1 aliphatic carbocycles. The van der Waals surface area contributed by atoms with E-state index >= 15 is 0 Å². The minimum absolute atomic E-state index is 0.117. The maximum Gasteiger partial charge on any atom is 0.416 e. The summed E-state index contributed by atoms with van der Waals surface area (Å²) in [5.74, 6) is -0.981. The standard InChI is InChI=1S/C20H20F4O/c1-19(2)8-7-13(14-5-3-4-6-16(14)20(22,23)24)15-9-12(11-25)18(21)10-17(15)19/h3-6,9-10,13,25H,7-8,11H2,1-2H3. The average Bonchev–Trinajstić information content (AvgIpc) is 2.54. The third-order valence-electron chi connectivity index (χ3n) is 5.19. The van der Waals surface area contributed by atoms with E-state index in [1.54, 1.807) is 6.07 Å². The van der Waals surface area contributed by atoms with Gasteiger partial charge in [0.1, 0.15) is 5.82 Å². The Labute approximate surface area is 144 Å². The van der Waals surface area contributed by atoms with Crippen LogP contribution in [-0.4, -0.2) is 5.11 Å². The predicted molar refractivity (Wildman–Crippen MR) is 87.9 cm³/mol. The van der Waals surface area contributed by atoms with Crippen LogP contribution in [0.4, 0.5) is 17.6 Å². The van der Waals surface area contributed by atoms with E-state index in [9.17, 15) is 22.7 Å². The second kappa shape index (κ2) is 6.13. The fourth-order valence-electron chi connectivity index (χ4n) is 3.81. The van der Waals surface area contributed by atoms with Crippen molar-refractivity contribution in [1.29, 1.82) is 0 Å². The molecular weight excluding hydrogens is 332 g/mol. The molecule has 0 aromatic heterocycles. The molecule has 3 rings (SSSR count). The van der Waals surface area contributed by atoms with Crippen molar-refractivity contribution in [3.8, 4) is 0 Å². The fourth-order valence-corrected chi connectivity index (χ4v) is 3.81. The van der Waals surface area contributed by atoms with Crippen LogP contribution in [0.2, 0.25) is 0 Å². The van der Waals surface area contributed by atoms with Crippen molar-refractivity contribution >= 4 is 0 Å². The van der Waals surface area contributed by atoms with E-state index in [0.717, 1.165) is 11.6 Å². The number of benzene rings is 2. The molecule has 1 aliphatic rings. The van der Waals surface area contributed by atoms with Crippen molar-refractivity contribution in [3.63, 3.8) is 0 Å². The van der Waals surface area contributed by atoms with Crippen LogP contribution in [-0.2, 0) is 18.2 Å². The number of aliphatic hydroxyl groups excluding tert-OH is 1. The van der Waals surface area contributed by atoms with Crippen molar-refractivity contribution < 1.29 is 22.7 Å². The summed E-state index contributed by atoms with van der Waals surface area (Å²) in [6, 6.07) is 8.47. The van der Waals surface area contributed by atoms with Gasteiger partial charge < -0.3 is 5.11 Å².